The monoisotopic (exact) mass is 216 g/mol. The van der Waals surface area contributed by atoms with Crippen molar-refractivity contribution in [2.45, 2.75) is 20.3 Å². The molecule has 0 aromatic heterocycles. The van der Waals surface area contributed by atoms with Crippen LogP contribution in [0.5, 0.6) is 0 Å². The van der Waals surface area contributed by atoms with E-state index in [1.807, 2.05) is 0 Å². The molecule has 0 aromatic carbocycles. The second-order valence-electron chi connectivity index (χ2n) is 3.27. The Balaban J connectivity index is 3.64. The maximum atomic E-state index is 11.2. The van der Waals surface area contributed by atoms with Crippen LogP contribution >= 0.6 is 0 Å². The van der Waals surface area contributed by atoms with Crippen LogP contribution in [0.2, 0.25) is 0 Å². The van der Waals surface area contributed by atoms with E-state index < -0.39 is 11.9 Å². The number of nitrogens with one attached hydrogen (secondary N) is 2. The fourth-order valence-electron chi connectivity index (χ4n) is 0.953. The van der Waals surface area contributed by atoms with E-state index in [4.69, 9.17) is 5.11 Å². The molecule has 0 spiro atoms. The molecule has 0 rings (SSSR count). The summed E-state index contributed by atoms with van der Waals surface area (Å²) in [6, 6.07) is 0. The van der Waals surface area contributed by atoms with Gasteiger partial charge in [-0.1, -0.05) is 6.92 Å². The highest BCUT2D eigenvalue weighted by Gasteiger charge is 2.15. The summed E-state index contributed by atoms with van der Waals surface area (Å²) in [5.74, 6) is -2.04. The number of carbonyl (C=O) groups excluding carboxylic acids is 2. The van der Waals surface area contributed by atoms with Gasteiger partial charge >= 0.3 is 5.97 Å². The van der Waals surface area contributed by atoms with Crippen LogP contribution in [0.3, 0.4) is 0 Å². The van der Waals surface area contributed by atoms with Gasteiger partial charge in [-0.05, 0) is 0 Å². The third kappa shape index (κ3) is 7.48. The molecule has 1 unspecified atom stereocenters. The lowest BCUT2D eigenvalue weighted by atomic mass is 10.1. The molecule has 86 valence electrons. The van der Waals surface area contributed by atoms with Gasteiger partial charge in [0.1, 0.15) is 0 Å². The molecule has 0 fully saturated rings. The second-order valence-corrected chi connectivity index (χ2v) is 3.27. The van der Waals surface area contributed by atoms with Gasteiger partial charge in [0, 0.05) is 25.9 Å². The highest BCUT2D eigenvalue weighted by Crippen LogP contribution is 2.00. The van der Waals surface area contributed by atoms with Gasteiger partial charge in [-0.2, -0.15) is 0 Å². The van der Waals surface area contributed by atoms with Gasteiger partial charge < -0.3 is 15.7 Å². The number of aliphatic carboxylic acids is 1. The molecule has 0 bridgehead atoms. The van der Waals surface area contributed by atoms with Gasteiger partial charge in [0.05, 0.1) is 6.42 Å². The van der Waals surface area contributed by atoms with Crippen molar-refractivity contribution in [2.24, 2.45) is 5.92 Å². The Kier molecular flexibility index (Phi) is 6.08. The Hall–Kier alpha value is -1.59. The van der Waals surface area contributed by atoms with Gasteiger partial charge in [0.25, 0.3) is 0 Å². The normalized spacial score (nSPS) is 11.6. The molecular weight excluding hydrogens is 200 g/mol. The van der Waals surface area contributed by atoms with Crippen LogP contribution in [-0.4, -0.2) is 36.0 Å². The van der Waals surface area contributed by atoms with E-state index >= 15 is 0 Å². The molecule has 6 heteroatoms. The maximum Gasteiger partial charge on any atom is 0.304 e. The first kappa shape index (κ1) is 13.4. The minimum absolute atomic E-state index is 0.164. The van der Waals surface area contributed by atoms with E-state index in [1.165, 1.54) is 6.92 Å². The molecular formula is C9H16N2O4. The molecule has 15 heavy (non-hydrogen) atoms. The number of carbonyl (C=O) groups is 3. The number of carboxylic acids is 1. The summed E-state index contributed by atoms with van der Waals surface area (Å²) in [5.41, 5.74) is 0. The molecule has 3 N–H and O–H groups in total. The quantitative estimate of drug-likeness (QED) is 0.514. The number of hydrogen-bond donors (Lipinski definition) is 3. The fraction of sp³-hybridized carbons (Fsp3) is 0.667. The van der Waals surface area contributed by atoms with Crippen molar-refractivity contribution in [2.75, 3.05) is 13.1 Å². The van der Waals surface area contributed by atoms with Gasteiger partial charge in [0.15, 0.2) is 0 Å². The SMILES string of the molecule is CC(=O)NCCNC(=O)C(C)CC(=O)O. The van der Waals surface area contributed by atoms with Crippen molar-refractivity contribution < 1.29 is 19.5 Å². The first-order chi connectivity index (χ1) is 6.93. The summed E-state index contributed by atoms with van der Waals surface area (Å²) in [6.07, 6.45) is -0.189. The highest BCUT2D eigenvalue weighted by atomic mass is 16.4. The predicted molar refractivity (Wildman–Crippen MR) is 53.1 cm³/mol. The largest absolute Gasteiger partial charge is 0.481 e. The number of carboxylic acid groups (broad SMARTS) is 1. The van der Waals surface area contributed by atoms with Crippen molar-refractivity contribution in [3.63, 3.8) is 0 Å². The van der Waals surface area contributed by atoms with Crippen molar-refractivity contribution in [1.82, 2.24) is 10.6 Å². The first-order valence-corrected chi connectivity index (χ1v) is 4.67. The zero-order valence-corrected chi connectivity index (χ0v) is 8.87. The topological polar surface area (TPSA) is 95.5 Å². The smallest absolute Gasteiger partial charge is 0.304 e. The number of hydrogen-bond acceptors (Lipinski definition) is 3. The van der Waals surface area contributed by atoms with Gasteiger partial charge in [-0.3, -0.25) is 14.4 Å². The van der Waals surface area contributed by atoms with Gasteiger partial charge in [0.2, 0.25) is 11.8 Å². The van der Waals surface area contributed by atoms with Crippen LogP contribution in [0.15, 0.2) is 0 Å². The van der Waals surface area contributed by atoms with Crippen LogP contribution in [-0.2, 0) is 14.4 Å². The average molecular weight is 216 g/mol. The van der Waals surface area contributed by atoms with Crippen LogP contribution in [0.1, 0.15) is 20.3 Å². The first-order valence-electron chi connectivity index (χ1n) is 4.67. The molecule has 0 saturated carbocycles. The molecule has 0 heterocycles. The summed E-state index contributed by atoms with van der Waals surface area (Å²) >= 11 is 0. The third-order valence-electron chi connectivity index (χ3n) is 1.73. The highest BCUT2D eigenvalue weighted by molar-refractivity contribution is 5.82. The summed E-state index contributed by atoms with van der Waals surface area (Å²) in [5, 5.41) is 13.5. The molecule has 0 aliphatic carbocycles. The third-order valence-corrected chi connectivity index (χ3v) is 1.73. The van der Waals surface area contributed by atoms with E-state index in [-0.39, 0.29) is 18.2 Å². The zero-order valence-electron chi connectivity index (χ0n) is 8.87. The Morgan fingerprint density at radius 3 is 2.20 bits per heavy atom. The summed E-state index contributed by atoms with van der Waals surface area (Å²) < 4.78 is 0. The predicted octanol–water partition coefficient (Wildman–Crippen LogP) is -0.650. The molecule has 1 atom stereocenters. The summed E-state index contributed by atoms with van der Waals surface area (Å²) in [4.78, 5) is 32.0. The Morgan fingerprint density at radius 2 is 1.73 bits per heavy atom. The summed E-state index contributed by atoms with van der Waals surface area (Å²) in [6.45, 7) is 3.58. The molecule has 0 aliphatic rings. The molecule has 0 radical (unpaired) electrons. The summed E-state index contributed by atoms with van der Waals surface area (Å²) in [7, 11) is 0. The number of amides is 2. The Labute approximate surface area is 88.0 Å². The fourth-order valence-corrected chi connectivity index (χ4v) is 0.953. The lowest BCUT2D eigenvalue weighted by Gasteiger charge is -2.09. The number of rotatable bonds is 6. The Bertz CT molecular complexity index is 252. The van der Waals surface area contributed by atoms with E-state index in [1.54, 1.807) is 6.92 Å². The minimum atomic E-state index is -1.00. The maximum absolute atomic E-state index is 11.2. The molecule has 6 nitrogen and oxygen atoms in total. The van der Waals surface area contributed by atoms with E-state index in [2.05, 4.69) is 10.6 Å². The van der Waals surface area contributed by atoms with Crippen LogP contribution in [0.25, 0.3) is 0 Å². The Morgan fingerprint density at radius 1 is 1.20 bits per heavy atom. The van der Waals surface area contributed by atoms with Crippen molar-refractivity contribution in [3.05, 3.63) is 0 Å². The van der Waals surface area contributed by atoms with Crippen molar-refractivity contribution in [3.8, 4) is 0 Å². The van der Waals surface area contributed by atoms with E-state index in [0.717, 1.165) is 0 Å². The zero-order chi connectivity index (χ0) is 11.8. The molecule has 2 amide bonds. The minimum Gasteiger partial charge on any atom is -0.481 e. The van der Waals surface area contributed by atoms with Crippen molar-refractivity contribution in [1.29, 1.82) is 0 Å². The van der Waals surface area contributed by atoms with Crippen LogP contribution < -0.4 is 10.6 Å². The van der Waals surface area contributed by atoms with Gasteiger partial charge in [-0.15, -0.1) is 0 Å². The molecule has 0 aromatic rings. The van der Waals surface area contributed by atoms with Crippen molar-refractivity contribution >= 4 is 17.8 Å². The lowest BCUT2D eigenvalue weighted by Crippen LogP contribution is -2.36. The average Bonchev–Trinajstić information content (AvgIpc) is 2.10. The lowest BCUT2D eigenvalue weighted by molar-refractivity contribution is -0.140. The van der Waals surface area contributed by atoms with E-state index in [9.17, 15) is 14.4 Å². The van der Waals surface area contributed by atoms with Crippen LogP contribution in [0.4, 0.5) is 0 Å². The van der Waals surface area contributed by atoms with E-state index in [0.29, 0.717) is 13.1 Å². The standard InChI is InChI=1S/C9H16N2O4/c1-6(5-8(13)14)9(15)11-4-3-10-7(2)12/h6H,3-5H2,1-2H3,(H,10,12)(H,11,15)(H,13,14). The molecule has 0 saturated heterocycles. The van der Waals surface area contributed by atoms with Gasteiger partial charge in [-0.25, -0.2) is 0 Å². The second kappa shape index (κ2) is 6.80. The molecule has 0 aliphatic heterocycles. The van der Waals surface area contributed by atoms with Crippen LogP contribution in [0, 0.1) is 5.92 Å².